The van der Waals surface area contributed by atoms with E-state index in [4.69, 9.17) is 14.2 Å². The standard InChI is InChI=1S/C31H35N3O6/c35-21-28-29(24-9-13-27(14-10-24)39-22-23-5-2-1-3-6-23)34(31(37)40-28)26-11-7-25(8-12-26)30(36)32-15-4-16-33-17-19-38-20-18-33/h1-3,5-14,28-29,35H,4,15-22H2,(H,32,36)/t28-,29?/m1/s1. The van der Waals surface area contributed by atoms with Crippen molar-refractivity contribution in [2.75, 3.05) is 50.9 Å². The van der Waals surface area contributed by atoms with E-state index in [0.717, 1.165) is 50.4 Å². The number of nitrogens with one attached hydrogen (secondary N) is 1. The van der Waals surface area contributed by atoms with Gasteiger partial charge in [-0.15, -0.1) is 0 Å². The molecule has 3 aromatic carbocycles. The number of amides is 2. The molecule has 1 unspecified atom stereocenters. The highest BCUT2D eigenvalue weighted by atomic mass is 16.6. The van der Waals surface area contributed by atoms with Crippen LogP contribution in [0.4, 0.5) is 10.5 Å². The number of aliphatic hydroxyl groups excluding tert-OH is 1. The fourth-order valence-electron chi connectivity index (χ4n) is 5.00. The molecule has 2 aliphatic heterocycles. The Morgan fingerprint density at radius 1 is 0.975 bits per heavy atom. The summed E-state index contributed by atoms with van der Waals surface area (Å²) in [7, 11) is 0. The number of aliphatic hydroxyl groups is 1. The van der Waals surface area contributed by atoms with E-state index in [-0.39, 0.29) is 12.5 Å². The van der Waals surface area contributed by atoms with Gasteiger partial charge < -0.3 is 24.6 Å². The summed E-state index contributed by atoms with van der Waals surface area (Å²) in [4.78, 5) is 29.4. The molecule has 0 aromatic heterocycles. The van der Waals surface area contributed by atoms with Gasteiger partial charge in [0.25, 0.3) is 5.91 Å². The van der Waals surface area contributed by atoms with Crippen LogP contribution in [0.25, 0.3) is 0 Å². The van der Waals surface area contributed by atoms with Crippen molar-refractivity contribution in [3.05, 3.63) is 95.6 Å². The number of benzene rings is 3. The summed E-state index contributed by atoms with van der Waals surface area (Å²) >= 11 is 0. The van der Waals surface area contributed by atoms with Crippen LogP contribution in [0.3, 0.4) is 0 Å². The number of nitrogens with zero attached hydrogens (tertiary/aromatic N) is 2. The normalized spacial score (nSPS) is 19.3. The Kier molecular flexibility index (Phi) is 9.28. The lowest BCUT2D eigenvalue weighted by Crippen LogP contribution is -2.38. The van der Waals surface area contributed by atoms with E-state index in [9.17, 15) is 14.7 Å². The van der Waals surface area contributed by atoms with Crippen molar-refractivity contribution in [2.45, 2.75) is 25.2 Å². The second-order valence-corrected chi connectivity index (χ2v) is 9.87. The van der Waals surface area contributed by atoms with Gasteiger partial charge in [-0.05, 0) is 60.5 Å². The van der Waals surface area contributed by atoms with Crippen LogP contribution in [0.5, 0.6) is 5.75 Å². The van der Waals surface area contributed by atoms with Crippen molar-refractivity contribution >= 4 is 17.7 Å². The number of rotatable bonds is 11. The van der Waals surface area contributed by atoms with Gasteiger partial charge >= 0.3 is 6.09 Å². The van der Waals surface area contributed by atoms with Crippen LogP contribution < -0.4 is 15.0 Å². The third-order valence-corrected chi connectivity index (χ3v) is 7.18. The molecule has 2 fully saturated rings. The van der Waals surface area contributed by atoms with Gasteiger partial charge in [-0.3, -0.25) is 14.6 Å². The molecule has 40 heavy (non-hydrogen) atoms. The first-order valence-corrected chi connectivity index (χ1v) is 13.7. The van der Waals surface area contributed by atoms with E-state index < -0.39 is 18.2 Å². The number of carbonyl (C=O) groups is 2. The number of carbonyl (C=O) groups excluding carboxylic acids is 2. The zero-order chi connectivity index (χ0) is 27.7. The molecule has 0 aliphatic carbocycles. The van der Waals surface area contributed by atoms with E-state index in [2.05, 4.69) is 10.2 Å². The molecule has 9 heteroatoms. The van der Waals surface area contributed by atoms with E-state index in [1.54, 1.807) is 24.3 Å². The van der Waals surface area contributed by atoms with Gasteiger partial charge in [0, 0.05) is 30.9 Å². The van der Waals surface area contributed by atoms with Crippen molar-refractivity contribution in [3.8, 4) is 5.75 Å². The Morgan fingerprint density at radius 3 is 2.40 bits per heavy atom. The summed E-state index contributed by atoms with van der Waals surface area (Å²) in [5.74, 6) is 0.540. The highest BCUT2D eigenvalue weighted by molar-refractivity contribution is 5.96. The Hall–Kier alpha value is -3.92. The molecule has 5 rings (SSSR count). The molecule has 0 radical (unpaired) electrons. The maximum Gasteiger partial charge on any atom is 0.415 e. The summed E-state index contributed by atoms with van der Waals surface area (Å²) < 4.78 is 16.7. The van der Waals surface area contributed by atoms with Crippen molar-refractivity contribution in [3.63, 3.8) is 0 Å². The number of hydrogen-bond donors (Lipinski definition) is 2. The van der Waals surface area contributed by atoms with Gasteiger partial charge in [0.2, 0.25) is 0 Å². The highest BCUT2D eigenvalue weighted by Crippen LogP contribution is 2.38. The number of morpholine rings is 1. The molecular weight excluding hydrogens is 510 g/mol. The van der Waals surface area contributed by atoms with Crippen LogP contribution in [0.2, 0.25) is 0 Å². The minimum atomic E-state index is -0.724. The van der Waals surface area contributed by atoms with Crippen LogP contribution >= 0.6 is 0 Å². The molecule has 2 atom stereocenters. The van der Waals surface area contributed by atoms with Gasteiger partial charge in [-0.2, -0.15) is 0 Å². The van der Waals surface area contributed by atoms with Crippen LogP contribution in [0, 0.1) is 0 Å². The molecule has 2 aliphatic rings. The van der Waals surface area contributed by atoms with E-state index in [0.29, 0.717) is 30.2 Å². The Labute approximate surface area is 234 Å². The minimum Gasteiger partial charge on any atom is -0.489 e. The molecule has 9 nitrogen and oxygen atoms in total. The largest absolute Gasteiger partial charge is 0.489 e. The first kappa shape index (κ1) is 27.6. The van der Waals surface area contributed by atoms with Gasteiger partial charge in [-0.1, -0.05) is 42.5 Å². The molecule has 2 amide bonds. The maximum absolute atomic E-state index is 12.9. The van der Waals surface area contributed by atoms with E-state index >= 15 is 0 Å². The molecule has 0 spiro atoms. The quantitative estimate of drug-likeness (QED) is 0.354. The van der Waals surface area contributed by atoms with Crippen LogP contribution in [-0.4, -0.2) is 74.1 Å². The highest BCUT2D eigenvalue weighted by Gasteiger charge is 2.43. The SMILES string of the molecule is O=C(NCCCN1CCOCC1)c1ccc(N2C(=O)O[C@H](CO)C2c2ccc(OCc3ccccc3)cc2)cc1. The molecular formula is C31H35N3O6. The predicted octanol–water partition coefficient (Wildman–Crippen LogP) is 3.78. The second-order valence-electron chi connectivity index (χ2n) is 9.87. The Bertz CT molecular complexity index is 1250. The first-order chi connectivity index (χ1) is 19.6. The molecule has 0 bridgehead atoms. The molecule has 2 heterocycles. The van der Waals surface area contributed by atoms with Gasteiger partial charge in [0.05, 0.1) is 19.8 Å². The molecule has 210 valence electrons. The van der Waals surface area contributed by atoms with Crippen molar-refractivity contribution in [1.29, 1.82) is 0 Å². The van der Waals surface area contributed by atoms with Gasteiger partial charge in [-0.25, -0.2) is 4.79 Å². The zero-order valence-electron chi connectivity index (χ0n) is 22.4. The predicted molar refractivity (Wildman–Crippen MR) is 150 cm³/mol. The molecule has 0 saturated carbocycles. The molecule has 2 N–H and O–H groups in total. The first-order valence-electron chi connectivity index (χ1n) is 13.7. The van der Waals surface area contributed by atoms with Crippen molar-refractivity contribution in [2.24, 2.45) is 0 Å². The average molecular weight is 546 g/mol. The average Bonchev–Trinajstić information content (AvgIpc) is 3.35. The maximum atomic E-state index is 12.9. The lowest BCUT2D eigenvalue weighted by atomic mass is 10.00. The Balaban J connectivity index is 1.20. The van der Waals surface area contributed by atoms with Crippen molar-refractivity contribution in [1.82, 2.24) is 10.2 Å². The van der Waals surface area contributed by atoms with Gasteiger partial charge in [0.15, 0.2) is 6.10 Å². The number of anilines is 1. The summed E-state index contributed by atoms with van der Waals surface area (Å²) in [6.07, 6.45) is -0.407. The summed E-state index contributed by atoms with van der Waals surface area (Å²) in [6.45, 7) is 5.02. The third kappa shape index (κ3) is 6.80. The van der Waals surface area contributed by atoms with Gasteiger partial charge in [0.1, 0.15) is 18.4 Å². The van der Waals surface area contributed by atoms with E-state index in [1.165, 1.54) is 4.90 Å². The molecule has 3 aromatic rings. The lowest BCUT2D eigenvalue weighted by molar-refractivity contribution is 0.0374. The minimum absolute atomic E-state index is 0.159. The summed E-state index contributed by atoms with van der Waals surface area (Å²) in [6, 6.07) is 23.7. The summed E-state index contributed by atoms with van der Waals surface area (Å²) in [5.41, 5.74) is 2.97. The number of ether oxygens (including phenoxy) is 3. The topological polar surface area (TPSA) is 101 Å². The van der Waals surface area contributed by atoms with Crippen LogP contribution in [0.15, 0.2) is 78.9 Å². The van der Waals surface area contributed by atoms with Crippen LogP contribution in [-0.2, 0) is 16.1 Å². The monoisotopic (exact) mass is 545 g/mol. The van der Waals surface area contributed by atoms with Crippen LogP contribution in [0.1, 0.15) is 33.9 Å². The van der Waals surface area contributed by atoms with E-state index in [1.807, 2.05) is 54.6 Å². The fourth-order valence-corrected chi connectivity index (χ4v) is 5.00. The molecule has 2 saturated heterocycles. The summed E-state index contributed by atoms with van der Waals surface area (Å²) in [5, 5.41) is 12.9. The lowest BCUT2D eigenvalue weighted by Gasteiger charge is -2.26. The number of cyclic esters (lactones) is 1. The Morgan fingerprint density at radius 2 is 1.70 bits per heavy atom. The smallest absolute Gasteiger partial charge is 0.415 e. The van der Waals surface area contributed by atoms with Crippen molar-refractivity contribution < 1.29 is 28.9 Å². The second kappa shape index (κ2) is 13.4. The fraction of sp³-hybridized carbons (Fsp3) is 0.355. The third-order valence-electron chi connectivity index (χ3n) is 7.18. The zero-order valence-corrected chi connectivity index (χ0v) is 22.4. The number of hydrogen-bond acceptors (Lipinski definition) is 7.